The molecule has 5 rings (SSSR count). The Morgan fingerprint density at radius 2 is 1.97 bits per heavy atom. The molecule has 9 nitrogen and oxygen atoms in total. The first kappa shape index (κ1) is 25.1. The summed E-state index contributed by atoms with van der Waals surface area (Å²) in [5.74, 6) is 1.10. The Morgan fingerprint density at radius 3 is 2.68 bits per heavy atom. The molecular weight excluding hydrogens is 488 g/mol. The van der Waals surface area contributed by atoms with Crippen molar-refractivity contribution in [2.24, 2.45) is 11.8 Å². The number of hydrogen-bond acceptors (Lipinski definition) is 7. The Balaban J connectivity index is 1.51. The van der Waals surface area contributed by atoms with Gasteiger partial charge in [0.05, 0.1) is 11.5 Å². The number of carbonyl (C=O) groups is 2. The molecule has 4 aromatic heterocycles. The van der Waals surface area contributed by atoms with E-state index in [2.05, 4.69) is 16.9 Å². The zero-order valence-corrected chi connectivity index (χ0v) is 22.4. The summed E-state index contributed by atoms with van der Waals surface area (Å²) in [7, 11) is 0. The maximum atomic E-state index is 13.7. The molecule has 194 valence electrons. The first-order valence-corrected chi connectivity index (χ1v) is 13.7. The Kier molecular flexibility index (Phi) is 7.10. The summed E-state index contributed by atoms with van der Waals surface area (Å²) in [6.45, 7) is 8.16. The van der Waals surface area contributed by atoms with Crippen molar-refractivity contribution in [3.05, 3.63) is 48.5 Å². The van der Waals surface area contributed by atoms with Crippen LogP contribution in [0.3, 0.4) is 0 Å². The third-order valence-corrected chi connectivity index (χ3v) is 7.94. The van der Waals surface area contributed by atoms with E-state index in [-0.39, 0.29) is 24.5 Å². The summed E-state index contributed by atoms with van der Waals surface area (Å²) >= 11 is 1.50. The van der Waals surface area contributed by atoms with Crippen LogP contribution >= 0.6 is 11.3 Å². The van der Waals surface area contributed by atoms with Gasteiger partial charge in [0, 0.05) is 36.7 Å². The van der Waals surface area contributed by atoms with E-state index in [1.165, 1.54) is 11.3 Å². The second-order valence-electron chi connectivity index (χ2n) is 9.88. The van der Waals surface area contributed by atoms with Crippen LogP contribution < -0.4 is 4.90 Å². The molecule has 1 fully saturated rings. The van der Waals surface area contributed by atoms with Gasteiger partial charge in [0.2, 0.25) is 11.7 Å². The van der Waals surface area contributed by atoms with E-state index in [1.54, 1.807) is 28.9 Å². The van der Waals surface area contributed by atoms with Crippen molar-refractivity contribution < 1.29 is 14.3 Å². The minimum Gasteiger partial charge on any atom is -0.462 e. The third kappa shape index (κ3) is 5.02. The SMILES string of the molecule is CCOC(=O)c1cn(-c2ccc(-c3cn4cccnc4n3)s2)nc1N(C(=O)[C@H]1CC[C@H](C)CC1)C(C)C. The molecule has 0 unspecified atom stereocenters. The number of carbonyl (C=O) groups excluding carboxylic acids is 2. The number of rotatable bonds is 7. The summed E-state index contributed by atoms with van der Waals surface area (Å²) in [6.07, 6.45) is 11.0. The molecule has 0 bridgehead atoms. The van der Waals surface area contributed by atoms with Crippen molar-refractivity contribution in [2.75, 3.05) is 11.5 Å². The quantitative estimate of drug-likeness (QED) is 0.303. The average molecular weight is 521 g/mol. The lowest BCUT2D eigenvalue weighted by atomic mass is 9.82. The van der Waals surface area contributed by atoms with Crippen LogP contribution in [0.2, 0.25) is 0 Å². The molecule has 0 atom stereocenters. The van der Waals surface area contributed by atoms with Crippen molar-refractivity contribution >= 4 is 34.8 Å². The van der Waals surface area contributed by atoms with Gasteiger partial charge in [-0.25, -0.2) is 19.4 Å². The third-order valence-electron chi connectivity index (χ3n) is 6.84. The number of esters is 1. The predicted molar refractivity (Wildman–Crippen MR) is 143 cm³/mol. The van der Waals surface area contributed by atoms with Gasteiger partial charge in [-0.1, -0.05) is 6.92 Å². The summed E-state index contributed by atoms with van der Waals surface area (Å²) in [4.78, 5) is 38.2. The normalized spacial score (nSPS) is 17.9. The lowest BCUT2D eigenvalue weighted by Gasteiger charge is -2.32. The van der Waals surface area contributed by atoms with Crippen molar-refractivity contribution in [1.82, 2.24) is 24.1 Å². The highest BCUT2D eigenvalue weighted by molar-refractivity contribution is 7.17. The number of imidazole rings is 1. The van der Waals surface area contributed by atoms with Crippen LogP contribution in [0.15, 0.2) is 43.0 Å². The zero-order valence-electron chi connectivity index (χ0n) is 21.6. The fourth-order valence-corrected chi connectivity index (χ4v) is 5.74. The number of hydrogen-bond donors (Lipinski definition) is 0. The van der Waals surface area contributed by atoms with Gasteiger partial charge >= 0.3 is 5.97 Å². The van der Waals surface area contributed by atoms with Crippen LogP contribution in [-0.4, -0.2) is 48.7 Å². The number of amides is 1. The molecule has 0 saturated heterocycles. The van der Waals surface area contributed by atoms with Crippen LogP contribution in [0.1, 0.15) is 63.7 Å². The minimum absolute atomic E-state index is 0.0294. The molecule has 1 aliphatic rings. The average Bonchev–Trinajstić information content (AvgIpc) is 3.62. The Labute approximate surface area is 220 Å². The van der Waals surface area contributed by atoms with Gasteiger partial charge in [0.1, 0.15) is 16.3 Å². The molecule has 4 heterocycles. The molecule has 1 amide bonds. The minimum atomic E-state index is -0.484. The lowest BCUT2D eigenvalue weighted by Crippen LogP contribution is -2.43. The molecular formula is C27H32N6O3S. The van der Waals surface area contributed by atoms with E-state index in [0.717, 1.165) is 41.3 Å². The Bertz CT molecular complexity index is 1380. The maximum Gasteiger partial charge on any atom is 0.343 e. The summed E-state index contributed by atoms with van der Waals surface area (Å²) in [5, 5.41) is 5.58. The fourth-order valence-electron chi connectivity index (χ4n) is 4.85. The van der Waals surface area contributed by atoms with Gasteiger partial charge in [-0.05, 0) is 70.6 Å². The zero-order chi connectivity index (χ0) is 26.1. The number of fused-ring (bicyclic) bond motifs is 1. The van der Waals surface area contributed by atoms with Crippen LogP contribution in [0, 0.1) is 11.8 Å². The van der Waals surface area contributed by atoms with E-state index >= 15 is 0 Å². The van der Waals surface area contributed by atoms with Crippen molar-refractivity contribution in [3.63, 3.8) is 0 Å². The topological polar surface area (TPSA) is 94.6 Å². The Morgan fingerprint density at radius 1 is 1.19 bits per heavy atom. The molecule has 1 aliphatic carbocycles. The first-order valence-electron chi connectivity index (χ1n) is 12.9. The maximum absolute atomic E-state index is 13.7. The van der Waals surface area contributed by atoms with E-state index in [1.807, 2.05) is 48.8 Å². The Hall–Kier alpha value is -3.53. The number of anilines is 1. The molecule has 1 saturated carbocycles. The van der Waals surface area contributed by atoms with Crippen molar-refractivity contribution in [1.29, 1.82) is 0 Å². The van der Waals surface area contributed by atoms with E-state index < -0.39 is 5.97 Å². The molecule has 0 aliphatic heterocycles. The van der Waals surface area contributed by atoms with E-state index in [4.69, 9.17) is 9.84 Å². The fraction of sp³-hybridized carbons (Fsp3) is 0.444. The predicted octanol–water partition coefficient (Wildman–Crippen LogP) is 5.39. The smallest absolute Gasteiger partial charge is 0.343 e. The number of thiophene rings is 1. The highest BCUT2D eigenvalue weighted by atomic mass is 32.1. The van der Waals surface area contributed by atoms with Crippen LogP contribution in [0.5, 0.6) is 0 Å². The molecule has 0 spiro atoms. The molecule has 0 radical (unpaired) electrons. The van der Waals surface area contributed by atoms with Crippen molar-refractivity contribution in [2.45, 2.75) is 59.4 Å². The van der Waals surface area contributed by atoms with Gasteiger partial charge in [-0.3, -0.25) is 14.1 Å². The highest BCUT2D eigenvalue weighted by Gasteiger charge is 2.34. The standard InChI is InChI=1S/C27H32N6O3S/c1-5-36-26(35)20-15-32(23-12-11-22(37-23)21-16-31-14-6-13-28-27(31)29-21)30-24(20)33(17(2)3)25(34)19-9-7-18(4)8-10-19/h6,11-19H,5,7-10H2,1-4H3/t18-,19-. The van der Waals surface area contributed by atoms with Crippen LogP contribution in [0.4, 0.5) is 5.82 Å². The lowest BCUT2D eigenvalue weighted by molar-refractivity contribution is -0.124. The largest absolute Gasteiger partial charge is 0.462 e. The summed E-state index contributed by atoms with van der Waals surface area (Å²) < 4.78 is 8.88. The van der Waals surface area contributed by atoms with E-state index in [0.29, 0.717) is 23.1 Å². The summed E-state index contributed by atoms with van der Waals surface area (Å²) in [5.41, 5.74) is 1.10. The number of nitrogens with zero attached hydrogens (tertiary/aromatic N) is 6. The number of aromatic nitrogens is 5. The van der Waals surface area contributed by atoms with Gasteiger partial charge in [0.25, 0.3) is 0 Å². The molecule has 0 aromatic carbocycles. The molecule has 0 N–H and O–H groups in total. The van der Waals surface area contributed by atoms with Crippen molar-refractivity contribution in [3.8, 4) is 15.6 Å². The molecule has 4 aromatic rings. The van der Waals surface area contributed by atoms with E-state index in [9.17, 15) is 9.59 Å². The van der Waals surface area contributed by atoms with Gasteiger partial charge in [-0.2, -0.15) is 0 Å². The summed E-state index contributed by atoms with van der Waals surface area (Å²) in [6, 6.07) is 5.61. The molecule has 10 heteroatoms. The second-order valence-corrected chi connectivity index (χ2v) is 10.9. The van der Waals surface area contributed by atoms with Gasteiger partial charge in [-0.15, -0.1) is 16.4 Å². The monoisotopic (exact) mass is 520 g/mol. The van der Waals surface area contributed by atoms with Gasteiger partial charge in [0.15, 0.2) is 5.82 Å². The number of ether oxygens (including phenoxy) is 1. The second kappa shape index (κ2) is 10.5. The van der Waals surface area contributed by atoms with Crippen LogP contribution in [-0.2, 0) is 9.53 Å². The van der Waals surface area contributed by atoms with Gasteiger partial charge < -0.3 is 4.74 Å². The molecule has 37 heavy (non-hydrogen) atoms. The highest BCUT2D eigenvalue weighted by Crippen LogP contribution is 2.34. The first-order chi connectivity index (χ1) is 17.9. The van der Waals surface area contributed by atoms with Crippen LogP contribution in [0.25, 0.3) is 21.3 Å².